The summed E-state index contributed by atoms with van der Waals surface area (Å²) >= 11 is 1.53. The SMILES string of the molecule is Cc1cccc(NC(=O)c2c(NC(=O)c3cccnc3)sc3c2CCC(C(C)(C)C)C3)c1. The number of rotatable bonds is 4. The van der Waals surface area contributed by atoms with Crippen molar-refractivity contribution in [2.24, 2.45) is 11.3 Å². The van der Waals surface area contributed by atoms with Crippen molar-refractivity contribution in [3.8, 4) is 0 Å². The molecule has 0 fully saturated rings. The van der Waals surface area contributed by atoms with Gasteiger partial charge in [0.2, 0.25) is 0 Å². The van der Waals surface area contributed by atoms with Crippen LogP contribution in [0.5, 0.6) is 0 Å². The minimum Gasteiger partial charge on any atom is -0.322 e. The van der Waals surface area contributed by atoms with Crippen molar-refractivity contribution >= 4 is 33.8 Å². The smallest absolute Gasteiger partial charge is 0.258 e. The number of nitrogens with zero attached hydrogens (tertiary/aromatic N) is 1. The first kappa shape index (κ1) is 22.2. The van der Waals surface area contributed by atoms with E-state index in [4.69, 9.17) is 0 Å². The Morgan fingerprint density at radius 2 is 1.91 bits per heavy atom. The van der Waals surface area contributed by atoms with E-state index in [2.05, 4.69) is 36.4 Å². The molecule has 1 unspecified atom stereocenters. The van der Waals surface area contributed by atoms with Crippen LogP contribution in [-0.2, 0) is 12.8 Å². The van der Waals surface area contributed by atoms with Crippen molar-refractivity contribution in [2.75, 3.05) is 10.6 Å². The second-order valence-corrected chi connectivity index (χ2v) is 10.6. The molecular weight excluding hydrogens is 418 g/mol. The molecule has 0 radical (unpaired) electrons. The monoisotopic (exact) mass is 447 g/mol. The topological polar surface area (TPSA) is 71.1 Å². The molecule has 0 saturated heterocycles. The van der Waals surface area contributed by atoms with Gasteiger partial charge >= 0.3 is 0 Å². The highest BCUT2D eigenvalue weighted by Crippen LogP contribution is 2.44. The Morgan fingerprint density at radius 3 is 2.59 bits per heavy atom. The number of hydrogen-bond donors (Lipinski definition) is 2. The molecule has 1 aliphatic carbocycles. The van der Waals surface area contributed by atoms with E-state index in [1.165, 1.54) is 22.4 Å². The highest BCUT2D eigenvalue weighted by Gasteiger charge is 2.34. The second kappa shape index (κ2) is 8.87. The summed E-state index contributed by atoms with van der Waals surface area (Å²) in [5, 5.41) is 6.64. The number of benzene rings is 1. The molecule has 2 amide bonds. The summed E-state index contributed by atoms with van der Waals surface area (Å²) in [4.78, 5) is 31.5. The van der Waals surface area contributed by atoms with Crippen LogP contribution in [0.3, 0.4) is 0 Å². The van der Waals surface area contributed by atoms with E-state index in [1.807, 2.05) is 31.2 Å². The maximum atomic E-state index is 13.4. The quantitative estimate of drug-likeness (QED) is 0.507. The molecule has 0 saturated carbocycles. The van der Waals surface area contributed by atoms with E-state index >= 15 is 0 Å². The third kappa shape index (κ3) is 4.75. The summed E-state index contributed by atoms with van der Waals surface area (Å²) in [6.45, 7) is 8.81. The second-order valence-electron chi connectivity index (χ2n) is 9.53. The number of hydrogen-bond acceptors (Lipinski definition) is 4. The van der Waals surface area contributed by atoms with Gasteiger partial charge in [-0.1, -0.05) is 32.9 Å². The zero-order valence-electron chi connectivity index (χ0n) is 19.0. The lowest BCUT2D eigenvalue weighted by molar-refractivity contribution is 0.102. The molecule has 166 valence electrons. The van der Waals surface area contributed by atoms with Crippen LogP contribution in [0, 0.1) is 18.3 Å². The van der Waals surface area contributed by atoms with E-state index in [1.54, 1.807) is 18.3 Å². The fourth-order valence-corrected chi connectivity index (χ4v) is 5.56. The van der Waals surface area contributed by atoms with Crippen molar-refractivity contribution in [3.63, 3.8) is 0 Å². The minimum atomic E-state index is -0.256. The molecule has 32 heavy (non-hydrogen) atoms. The third-order valence-electron chi connectivity index (χ3n) is 6.14. The number of anilines is 2. The van der Waals surface area contributed by atoms with Crippen LogP contribution in [-0.4, -0.2) is 16.8 Å². The number of aryl methyl sites for hydroxylation is 1. The predicted molar refractivity (Wildman–Crippen MR) is 131 cm³/mol. The van der Waals surface area contributed by atoms with E-state index in [0.717, 1.165) is 36.1 Å². The van der Waals surface area contributed by atoms with Gasteiger partial charge in [-0.3, -0.25) is 14.6 Å². The Balaban J connectivity index is 1.69. The number of fused-ring (bicyclic) bond motifs is 1. The number of amides is 2. The number of thiophene rings is 1. The van der Waals surface area contributed by atoms with Crippen LogP contribution in [0.4, 0.5) is 10.7 Å². The molecule has 0 bridgehead atoms. The van der Waals surface area contributed by atoms with Crippen molar-refractivity contribution in [1.82, 2.24) is 4.98 Å². The summed E-state index contributed by atoms with van der Waals surface area (Å²) in [5.74, 6) is 0.112. The maximum Gasteiger partial charge on any atom is 0.258 e. The number of nitrogens with one attached hydrogen (secondary N) is 2. The Labute approximate surface area is 193 Å². The standard InChI is InChI=1S/C26H29N3O2S/c1-16-7-5-9-19(13-16)28-24(31)22-20-11-10-18(26(2,3)4)14-21(20)32-25(22)29-23(30)17-8-6-12-27-15-17/h5-9,12-13,15,18H,10-11,14H2,1-4H3,(H,28,31)(H,29,30). The molecule has 4 rings (SSSR count). The van der Waals surface area contributed by atoms with E-state index in [0.29, 0.717) is 22.0 Å². The van der Waals surface area contributed by atoms with Crippen molar-refractivity contribution in [1.29, 1.82) is 0 Å². The fraction of sp³-hybridized carbons (Fsp3) is 0.346. The van der Waals surface area contributed by atoms with Crippen LogP contribution in [0.2, 0.25) is 0 Å². The summed E-state index contributed by atoms with van der Waals surface area (Å²) in [5.41, 5.74) is 4.16. The van der Waals surface area contributed by atoms with Gasteiger partial charge in [0.15, 0.2) is 0 Å². The van der Waals surface area contributed by atoms with Crippen LogP contribution in [0.15, 0.2) is 48.8 Å². The van der Waals surface area contributed by atoms with Gasteiger partial charge in [-0.05, 0) is 72.9 Å². The van der Waals surface area contributed by atoms with Gasteiger partial charge in [0.05, 0.1) is 11.1 Å². The van der Waals surface area contributed by atoms with Gasteiger partial charge in [-0.15, -0.1) is 11.3 Å². The van der Waals surface area contributed by atoms with Crippen LogP contribution in [0.1, 0.15) is 63.9 Å². The first-order valence-electron chi connectivity index (χ1n) is 11.0. The first-order valence-corrected chi connectivity index (χ1v) is 11.8. The number of aromatic nitrogens is 1. The van der Waals surface area contributed by atoms with Gasteiger partial charge in [0.1, 0.15) is 5.00 Å². The summed E-state index contributed by atoms with van der Waals surface area (Å²) in [6, 6.07) is 11.2. The molecule has 0 aliphatic heterocycles. The molecule has 1 aromatic carbocycles. The molecule has 6 heteroatoms. The van der Waals surface area contributed by atoms with Gasteiger partial charge < -0.3 is 10.6 Å². The Hall–Kier alpha value is -2.99. The molecule has 1 atom stereocenters. The Bertz CT molecular complexity index is 1150. The minimum absolute atomic E-state index is 0.177. The lowest BCUT2D eigenvalue weighted by Gasteiger charge is -2.33. The molecule has 0 spiro atoms. The zero-order chi connectivity index (χ0) is 22.9. The normalized spacial score (nSPS) is 15.7. The number of carbonyl (C=O) groups is 2. The van der Waals surface area contributed by atoms with Gasteiger partial charge in [-0.25, -0.2) is 0 Å². The van der Waals surface area contributed by atoms with Crippen molar-refractivity contribution < 1.29 is 9.59 Å². The summed E-state index contributed by atoms with van der Waals surface area (Å²) in [6.07, 6.45) is 5.97. The Morgan fingerprint density at radius 1 is 1.09 bits per heavy atom. The molecule has 1 aliphatic rings. The highest BCUT2D eigenvalue weighted by molar-refractivity contribution is 7.17. The third-order valence-corrected chi connectivity index (χ3v) is 7.31. The molecule has 3 aromatic rings. The molecule has 2 aromatic heterocycles. The predicted octanol–water partition coefficient (Wildman–Crippen LogP) is 6.11. The van der Waals surface area contributed by atoms with Crippen LogP contribution >= 0.6 is 11.3 Å². The van der Waals surface area contributed by atoms with Crippen molar-refractivity contribution in [3.05, 3.63) is 75.9 Å². The summed E-state index contributed by atoms with van der Waals surface area (Å²) in [7, 11) is 0. The van der Waals surface area contributed by atoms with Gasteiger partial charge in [-0.2, -0.15) is 0 Å². The largest absolute Gasteiger partial charge is 0.322 e. The van der Waals surface area contributed by atoms with Crippen LogP contribution in [0.25, 0.3) is 0 Å². The average Bonchev–Trinajstić information content (AvgIpc) is 3.10. The van der Waals surface area contributed by atoms with E-state index in [9.17, 15) is 9.59 Å². The van der Waals surface area contributed by atoms with Crippen LogP contribution < -0.4 is 10.6 Å². The van der Waals surface area contributed by atoms with E-state index < -0.39 is 0 Å². The van der Waals surface area contributed by atoms with Crippen molar-refractivity contribution in [2.45, 2.75) is 47.0 Å². The Kier molecular flexibility index (Phi) is 6.15. The average molecular weight is 448 g/mol. The summed E-state index contributed by atoms with van der Waals surface area (Å²) < 4.78 is 0. The number of carbonyl (C=O) groups excluding carboxylic acids is 2. The van der Waals surface area contributed by atoms with Gasteiger partial charge in [0, 0.05) is 23.0 Å². The molecular formula is C26H29N3O2S. The molecule has 5 nitrogen and oxygen atoms in total. The maximum absolute atomic E-state index is 13.4. The van der Waals surface area contributed by atoms with Gasteiger partial charge in [0.25, 0.3) is 11.8 Å². The van der Waals surface area contributed by atoms with E-state index in [-0.39, 0.29) is 17.2 Å². The highest BCUT2D eigenvalue weighted by atomic mass is 32.1. The number of pyridine rings is 1. The lowest BCUT2D eigenvalue weighted by atomic mass is 9.72. The zero-order valence-corrected chi connectivity index (χ0v) is 19.8. The lowest BCUT2D eigenvalue weighted by Crippen LogP contribution is -2.27. The first-order chi connectivity index (χ1) is 15.2. The fourth-order valence-electron chi connectivity index (χ4n) is 4.24. The molecule has 2 heterocycles. The molecule has 2 N–H and O–H groups in total.